The summed E-state index contributed by atoms with van der Waals surface area (Å²) in [5, 5.41) is 9.47. The van der Waals surface area contributed by atoms with Crippen LogP contribution in [0, 0.1) is 0 Å². The summed E-state index contributed by atoms with van der Waals surface area (Å²) in [4.78, 5) is 14.3. The average Bonchev–Trinajstić information content (AvgIpc) is 2.94. The van der Waals surface area contributed by atoms with Crippen LogP contribution in [-0.4, -0.2) is 34.0 Å². The van der Waals surface area contributed by atoms with Crippen molar-refractivity contribution in [1.82, 2.24) is 4.90 Å². The minimum atomic E-state index is -0.193. The third-order valence-corrected chi connectivity index (χ3v) is 5.23. The quantitative estimate of drug-likeness (QED) is 0.421. The van der Waals surface area contributed by atoms with Gasteiger partial charge < -0.3 is 0 Å². The van der Waals surface area contributed by atoms with Crippen molar-refractivity contribution >= 4 is 40.7 Å². The number of nitrogens with zero attached hydrogens (tertiary/aromatic N) is 3. The number of amidine groups is 1. The maximum Gasteiger partial charge on any atom is 0.242 e. The molecule has 2 aromatic rings. The van der Waals surface area contributed by atoms with E-state index in [1.54, 1.807) is 29.3 Å². The van der Waals surface area contributed by atoms with Crippen molar-refractivity contribution in [2.24, 2.45) is 10.2 Å². The highest BCUT2D eigenvalue weighted by atomic mass is 35.5. The van der Waals surface area contributed by atoms with Gasteiger partial charge in [0.05, 0.1) is 11.5 Å². The number of amides is 1. The summed E-state index contributed by atoms with van der Waals surface area (Å²) < 4.78 is 0. The van der Waals surface area contributed by atoms with Gasteiger partial charge in [0.2, 0.25) is 5.91 Å². The summed E-state index contributed by atoms with van der Waals surface area (Å²) in [5.41, 5.74) is 2.02. The second-order valence-corrected chi connectivity index (χ2v) is 7.32. The van der Waals surface area contributed by atoms with E-state index in [1.165, 1.54) is 11.8 Å². The van der Waals surface area contributed by atoms with Crippen LogP contribution < -0.4 is 0 Å². The Hall–Kier alpha value is -2.37. The first-order valence-corrected chi connectivity index (χ1v) is 9.42. The van der Waals surface area contributed by atoms with Crippen molar-refractivity contribution in [3.8, 4) is 0 Å². The fourth-order valence-corrected chi connectivity index (χ4v) is 3.81. The normalized spacial score (nSPS) is 18.8. The van der Waals surface area contributed by atoms with E-state index in [1.807, 2.05) is 42.5 Å². The first-order chi connectivity index (χ1) is 12.7. The summed E-state index contributed by atoms with van der Waals surface area (Å²) in [6, 6.07) is 17.3. The lowest BCUT2D eigenvalue weighted by molar-refractivity contribution is -0.125. The number of carbonyl (C=O) groups is 1. The molecule has 1 atom stereocenters. The lowest BCUT2D eigenvalue weighted by Gasteiger charge is -2.12. The van der Waals surface area contributed by atoms with E-state index in [0.717, 1.165) is 11.1 Å². The smallest absolute Gasteiger partial charge is 0.242 e. The van der Waals surface area contributed by atoms with Crippen molar-refractivity contribution in [3.05, 3.63) is 83.4 Å². The molecule has 1 fully saturated rings. The van der Waals surface area contributed by atoms with Crippen molar-refractivity contribution < 1.29 is 4.79 Å². The summed E-state index contributed by atoms with van der Waals surface area (Å²) in [6.07, 6.45) is 4.00. The van der Waals surface area contributed by atoms with Crippen LogP contribution in [0.3, 0.4) is 0 Å². The fourth-order valence-electron chi connectivity index (χ4n) is 2.53. The Kier molecular flexibility index (Phi) is 6.26. The highest BCUT2D eigenvalue weighted by Gasteiger charge is 2.37. The topological polar surface area (TPSA) is 45.0 Å². The molecule has 0 aliphatic carbocycles. The van der Waals surface area contributed by atoms with E-state index in [0.29, 0.717) is 23.2 Å². The molecule has 4 nitrogen and oxygen atoms in total. The molecule has 0 radical (unpaired) electrons. The maximum atomic E-state index is 12.7. The Bertz CT molecular complexity index is 834. The SMILES string of the molecule is C=CCN1C(=O)C(Cc2ccccc2)SC1=NN=Cc1ccc(Cl)cc1. The van der Waals surface area contributed by atoms with Crippen LogP contribution in [0.2, 0.25) is 5.02 Å². The second kappa shape index (κ2) is 8.83. The van der Waals surface area contributed by atoms with Gasteiger partial charge in [-0.1, -0.05) is 71.9 Å². The fraction of sp³-hybridized carbons (Fsp3) is 0.150. The largest absolute Gasteiger partial charge is 0.285 e. The van der Waals surface area contributed by atoms with Gasteiger partial charge >= 0.3 is 0 Å². The third kappa shape index (κ3) is 4.62. The molecule has 1 aliphatic heterocycles. The Labute approximate surface area is 162 Å². The van der Waals surface area contributed by atoms with E-state index in [-0.39, 0.29) is 11.2 Å². The maximum absolute atomic E-state index is 12.7. The van der Waals surface area contributed by atoms with Gasteiger partial charge in [-0.2, -0.15) is 5.10 Å². The van der Waals surface area contributed by atoms with Crippen LogP contribution in [0.15, 0.2) is 77.5 Å². The number of halogens is 1. The van der Waals surface area contributed by atoms with Crippen LogP contribution in [-0.2, 0) is 11.2 Å². The monoisotopic (exact) mass is 383 g/mol. The molecule has 0 spiro atoms. The Balaban J connectivity index is 1.74. The number of thioether (sulfide) groups is 1. The Morgan fingerprint density at radius 2 is 1.88 bits per heavy atom. The molecule has 0 N–H and O–H groups in total. The molecule has 2 aromatic carbocycles. The zero-order chi connectivity index (χ0) is 18.4. The minimum Gasteiger partial charge on any atom is -0.285 e. The molecule has 132 valence electrons. The van der Waals surface area contributed by atoms with Gasteiger partial charge in [0, 0.05) is 11.6 Å². The van der Waals surface area contributed by atoms with Crippen molar-refractivity contribution in [2.75, 3.05) is 6.54 Å². The highest BCUT2D eigenvalue weighted by Crippen LogP contribution is 2.30. The van der Waals surface area contributed by atoms with Crippen molar-refractivity contribution in [2.45, 2.75) is 11.7 Å². The molecule has 1 unspecified atom stereocenters. The number of hydrogen-bond acceptors (Lipinski definition) is 4. The van der Waals surface area contributed by atoms with Gasteiger partial charge in [0.15, 0.2) is 5.17 Å². The van der Waals surface area contributed by atoms with Crippen LogP contribution in [0.5, 0.6) is 0 Å². The van der Waals surface area contributed by atoms with Crippen LogP contribution in [0.4, 0.5) is 0 Å². The van der Waals surface area contributed by atoms with Gasteiger partial charge in [-0.25, -0.2) is 0 Å². The van der Waals surface area contributed by atoms with Crippen molar-refractivity contribution in [3.63, 3.8) is 0 Å². The molecule has 0 bridgehead atoms. The zero-order valence-corrected chi connectivity index (χ0v) is 15.7. The predicted octanol–water partition coefficient (Wildman–Crippen LogP) is 4.40. The molecule has 0 saturated carbocycles. The van der Waals surface area contributed by atoms with E-state index >= 15 is 0 Å². The van der Waals surface area contributed by atoms with Crippen LogP contribution in [0.25, 0.3) is 0 Å². The highest BCUT2D eigenvalue weighted by molar-refractivity contribution is 8.15. The summed E-state index contributed by atoms with van der Waals surface area (Å²) >= 11 is 7.32. The van der Waals surface area contributed by atoms with Gasteiger partial charge in [-0.15, -0.1) is 11.7 Å². The summed E-state index contributed by atoms with van der Waals surface area (Å²) in [5.74, 6) is 0.0409. The molecule has 1 saturated heterocycles. The first-order valence-electron chi connectivity index (χ1n) is 8.17. The number of carbonyl (C=O) groups excluding carboxylic acids is 1. The van der Waals surface area contributed by atoms with E-state index in [2.05, 4.69) is 16.8 Å². The first kappa shape index (κ1) is 18.4. The molecular formula is C20H18ClN3OS. The van der Waals surface area contributed by atoms with E-state index in [9.17, 15) is 4.79 Å². The lowest BCUT2D eigenvalue weighted by Crippen LogP contribution is -2.32. The summed E-state index contributed by atoms with van der Waals surface area (Å²) in [7, 11) is 0. The Morgan fingerprint density at radius 1 is 1.15 bits per heavy atom. The lowest BCUT2D eigenvalue weighted by atomic mass is 10.1. The number of benzene rings is 2. The predicted molar refractivity (Wildman–Crippen MR) is 110 cm³/mol. The average molecular weight is 384 g/mol. The third-order valence-electron chi connectivity index (χ3n) is 3.82. The molecule has 1 heterocycles. The number of hydrogen-bond donors (Lipinski definition) is 0. The zero-order valence-electron chi connectivity index (χ0n) is 14.1. The Morgan fingerprint density at radius 3 is 2.58 bits per heavy atom. The van der Waals surface area contributed by atoms with E-state index in [4.69, 9.17) is 11.6 Å². The van der Waals surface area contributed by atoms with Gasteiger partial charge in [-0.3, -0.25) is 9.69 Å². The minimum absolute atomic E-state index is 0.0409. The van der Waals surface area contributed by atoms with Crippen LogP contribution >= 0.6 is 23.4 Å². The van der Waals surface area contributed by atoms with Gasteiger partial charge in [0.25, 0.3) is 0 Å². The molecule has 1 aliphatic rings. The number of rotatable bonds is 6. The van der Waals surface area contributed by atoms with E-state index < -0.39 is 0 Å². The van der Waals surface area contributed by atoms with Crippen molar-refractivity contribution in [1.29, 1.82) is 0 Å². The van der Waals surface area contributed by atoms with Crippen LogP contribution in [0.1, 0.15) is 11.1 Å². The summed E-state index contributed by atoms with van der Waals surface area (Å²) in [6.45, 7) is 4.15. The molecule has 1 amide bonds. The molecule has 26 heavy (non-hydrogen) atoms. The molecule has 3 rings (SSSR count). The second-order valence-electron chi connectivity index (χ2n) is 5.71. The molecule has 0 aromatic heterocycles. The molecular weight excluding hydrogens is 366 g/mol. The standard InChI is InChI=1S/C20H18ClN3OS/c1-2-12-24-19(25)18(13-15-6-4-3-5-7-15)26-20(24)23-22-14-16-8-10-17(21)11-9-16/h2-11,14,18H,1,12-13H2. The molecule has 6 heteroatoms. The van der Waals surface area contributed by atoms with Gasteiger partial charge in [0.1, 0.15) is 0 Å². The van der Waals surface area contributed by atoms with Gasteiger partial charge in [-0.05, 0) is 29.7 Å².